The smallest absolute Gasteiger partial charge is 0.335 e. The Morgan fingerprint density at radius 1 is 1.13 bits per heavy atom. The first-order valence-electron chi connectivity index (χ1n) is 7.79. The van der Waals surface area contributed by atoms with Crippen molar-refractivity contribution in [2.24, 2.45) is 0 Å². The molecule has 23 heavy (non-hydrogen) atoms. The molecule has 1 heterocycles. The number of aliphatic hydroxyl groups is 1. The molecule has 1 aliphatic carbocycles. The zero-order valence-corrected chi connectivity index (χ0v) is 12.5. The molecule has 116 valence electrons. The first-order chi connectivity index (χ1) is 11.1. The lowest BCUT2D eigenvalue weighted by Gasteiger charge is -2.14. The number of aromatic carboxylic acids is 1. The van der Waals surface area contributed by atoms with Crippen molar-refractivity contribution in [3.63, 3.8) is 0 Å². The third-order valence-corrected chi connectivity index (χ3v) is 4.64. The molecule has 1 atom stereocenters. The Balaban J connectivity index is 1.96. The number of carbonyl (C=O) groups is 1. The maximum Gasteiger partial charge on any atom is 0.335 e. The second-order valence-corrected chi connectivity index (χ2v) is 6.04. The van der Waals surface area contributed by atoms with Crippen molar-refractivity contribution in [2.45, 2.75) is 25.4 Å². The van der Waals surface area contributed by atoms with Gasteiger partial charge in [-0.05, 0) is 42.5 Å². The van der Waals surface area contributed by atoms with Crippen LogP contribution in [0.3, 0.4) is 0 Å². The molecule has 4 rings (SSSR count). The Kier molecular flexibility index (Phi) is 3.20. The van der Waals surface area contributed by atoms with E-state index in [0.717, 1.165) is 35.7 Å². The molecule has 1 aliphatic rings. The minimum Gasteiger partial charge on any atom is -0.478 e. The minimum atomic E-state index is -0.971. The number of hydrogen-bond acceptors (Lipinski definition) is 2. The van der Waals surface area contributed by atoms with E-state index in [4.69, 9.17) is 0 Å². The number of hydrogen-bond donors (Lipinski definition) is 3. The Morgan fingerprint density at radius 2 is 1.91 bits per heavy atom. The predicted octanol–water partition coefficient (Wildman–Crippen LogP) is 3.44. The van der Waals surface area contributed by atoms with Crippen LogP contribution in [0.1, 0.15) is 45.3 Å². The van der Waals surface area contributed by atoms with Gasteiger partial charge in [0.1, 0.15) is 6.10 Å². The summed E-state index contributed by atoms with van der Waals surface area (Å²) in [5, 5.41) is 21.1. The number of aliphatic hydroxyl groups excluding tert-OH is 1. The largest absolute Gasteiger partial charge is 0.478 e. The molecule has 2 aromatic carbocycles. The highest BCUT2D eigenvalue weighted by molar-refractivity contribution is 5.97. The van der Waals surface area contributed by atoms with Gasteiger partial charge >= 0.3 is 5.97 Å². The molecule has 3 aromatic rings. The van der Waals surface area contributed by atoms with Crippen molar-refractivity contribution in [1.82, 2.24) is 4.98 Å². The van der Waals surface area contributed by atoms with Gasteiger partial charge in [-0.1, -0.05) is 30.3 Å². The number of nitrogens with one attached hydrogen (secondary N) is 1. The normalized spacial score (nSPS) is 14.8. The monoisotopic (exact) mass is 307 g/mol. The number of fused-ring (bicyclic) bond motifs is 3. The lowest BCUT2D eigenvalue weighted by molar-refractivity contribution is 0.0697. The number of H-pyrrole nitrogens is 1. The molecule has 3 N–H and O–H groups in total. The molecular weight excluding hydrogens is 290 g/mol. The van der Waals surface area contributed by atoms with E-state index >= 15 is 0 Å². The molecule has 1 unspecified atom stereocenters. The first-order valence-corrected chi connectivity index (χ1v) is 7.79. The zero-order valence-electron chi connectivity index (χ0n) is 12.5. The summed E-state index contributed by atoms with van der Waals surface area (Å²) in [4.78, 5) is 14.9. The highest BCUT2D eigenvalue weighted by Crippen LogP contribution is 2.36. The summed E-state index contributed by atoms with van der Waals surface area (Å²) >= 11 is 0. The highest BCUT2D eigenvalue weighted by atomic mass is 16.4. The fraction of sp³-hybridized carbons (Fsp3) is 0.211. The van der Waals surface area contributed by atoms with Gasteiger partial charge in [0.25, 0.3) is 0 Å². The summed E-state index contributed by atoms with van der Waals surface area (Å²) in [5.41, 5.74) is 4.83. The van der Waals surface area contributed by atoms with Gasteiger partial charge in [0.2, 0.25) is 0 Å². The zero-order chi connectivity index (χ0) is 16.0. The third kappa shape index (κ3) is 2.23. The maximum absolute atomic E-state index is 11.5. The maximum atomic E-state index is 11.5. The summed E-state index contributed by atoms with van der Waals surface area (Å²) < 4.78 is 0. The van der Waals surface area contributed by atoms with Crippen LogP contribution in [0.5, 0.6) is 0 Å². The van der Waals surface area contributed by atoms with E-state index in [1.807, 2.05) is 30.3 Å². The van der Waals surface area contributed by atoms with Gasteiger partial charge in [-0.3, -0.25) is 0 Å². The Morgan fingerprint density at radius 3 is 2.65 bits per heavy atom. The van der Waals surface area contributed by atoms with Crippen LogP contribution in [-0.4, -0.2) is 21.2 Å². The first kappa shape index (κ1) is 14.0. The fourth-order valence-corrected chi connectivity index (χ4v) is 3.53. The number of aryl methyl sites for hydroxylation is 2. The van der Waals surface area contributed by atoms with Crippen molar-refractivity contribution >= 4 is 16.9 Å². The molecule has 4 nitrogen and oxygen atoms in total. The van der Waals surface area contributed by atoms with Crippen LogP contribution in [0.15, 0.2) is 42.5 Å². The highest BCUT2D eigenvalue weighted by Gasteiger charge is 2.23. The van der Waals surface area contributed by atoms with E-state index in [-0.39, 0.29) is 5.56 Å². The summed E-state index contributed by atoms with van der Waals surface area (Å²) in [6, 6.07) is 12.6. The van der Waals surface area contributed by atoms with Crippen molar-refractivity contribution in [1.29, 1.82) is 0 Å². The second-order valence-electron chi connectivity index (χ2n) is 6.04. The van der Waals surface area contributed by atoms with Gasteiger partial charge in [-0.15, -0.1) is 0 Å². The number of rotatable bonds is 3. The van der Waals surface area contributed by atoms with E-state index in [2.05, 4.69) is 4.98 Å². The topological polar surface area (TPSA) is 73.3 Å². The van der Waals surface area contributed by atoms with Crippen LogP contribution in [-0.2, 0) is 12.8 Å². The number of carboxylic acids is 1. The Bertz CT molecular complexity index is 896. The molecule has 0 saturated heterocycles. The van der Waals surface area contributed by atoms with Gasteiger partial charge < -0.3 is 15.2 Å². The molecule has 0 radical (unpaired) electrons. The van der Waals surface area contributed by atoms with Crippen LogP contribution in [0, 0.1) is 0 Å². The molecular formula is C19H17NO3. The lowest BCUT2D eigenvalue weighted by Crippen LogP contribution is -2.04. The Labute approximate surface area is 133 Å². The SMILES string of the molecule is O=C(O)c1cc(C(O)c2ccccc2)c2[nH]c3c(c2c1)CCC3. The van der Waals surface area contributed by atoms with Gasteiger partial charge in [-0.25, -0.2) is 4.79 Å². The molecule has 1 aromatic heterocycles. The average Bonchev–Trinajstić information content (AvgIpc) is 3.15. The average molecular weight is 307 g/mol. The van der Waals surface area contributed by atoms with E-state index in [9.17, 15) is 15.0 Å². The summed E-state index contributed by atoms with van der Waals surface area (Å²) in [5.74, 6) is -0.971. The van der Waals surface area contributed by atoms with Crippen molar-refractivity contribution < 1.29 is 15.0 Å². The van der Waals surface area contributed by atoms with E-state index in [1.165, 1.54) is 11.3 Å². The van der Waals surface area contributed by atoms with Crippen molar-refractivity contribution in [3.05, 3.63) is 70.4 Å². The van der Waals surface area contributed by atoms with Crippen LogP contribution in [0.4, 0.5) is 0 Å². The van der Waals surface area contributed by atoms with E-state index in [1.54, 1.807) is 12.1 Å². The molecule has 4 heteroatoms. The van der Waals surface area contributed by atoms with Crippen LogP contribution >= 0.6 is 0 Å². The molecule has 0 saturated carbocycles. The molecule has 0 bridgehead atoms. The van der Waals surface area contributed by atoms with Gasteiger partial charge in [0.15, 0.2) is 0 Å². The summed E-state index contributed by atoms with van der Waals surface area (Å²) in [6.07, 6.45) is 2.18. The molecule has 0 amide bonds. The molecule has 0 spiro atoms. The molecule has 0 fully saturated rings. The van der Waals surface area contributed by atoms with E-state index < -0.39 is 12.1 Å². The van der Waals surface area contributed by atoms with Crippen LogP contribution < -0.4 is 0 Å². The number of aromatic amines is 1. The second kappa shape index (κ2) is 5.25. The van der Waals surface area contributed by atoms with Gasteiger partial charge in [-0.2, -0.15) is 0 Å². The number of aromatic nitrogens is 1. The number of benzene rings is 2. The van der Waals surface area contributed by atoms with Crippen molar-refractivity contribution in [2.75, 3.05) is 0 Å². The van der Waals surface area contributed by atoms with Crippen LogP contribution in [0.25, 0.3) is 10.9 Å². The van der Waals surface area contributed by atoms with Crippen LogP contribution in [0.2, 0.25) is 0 Å². The standard InChI is InChI=1S/C19H17NO3/c21-18(11-5-2-1-3-6-11)15-10-12(19(22)23)9-14-13-7-4-8-16(13)20-17(14)15/h1-3,5-6,9-10,18,20-21H,4,7-8H2,(H,22,23). The number of carboxylic acid groups (broad SMARTS) is 1. The molecule has 0 aliphatic heterocycles. The minimum absolute atomic E-state index is 0.219. The summed E-state index contributed by atoms with van der Waals surface area (Å²) in [7, 11) is 0. The van der Waals surface area contributed by atoms with Crippen molar-refractivity contribution in [3.8, 4) is 0 Å². The van der Waals surface area contributed by atoms with Gasteiger partial charge in [0.05, 0.1) is 11.1 Å². The van der Waals surface area contributed by atoms with Gasteiger partial charge in [0, 0.05) is 16.6 Å². The Hall–Kier alpha value is -2.59. The third-order valence-electron chi connectivity index (χ3n) is 4.64. The predicted molar refractivity (Wildman–Crippen MR) is 87.8 cm³/mol. The summed E-state index contributed by atoms with van der Waals surface area (Å²) in [6.45, 7) is 0. The van der Waals surface area contributed by atoms with E-state index in [0.29, 0.717) is 5.56 Å². The fourth-order valence-electron chi connectivity index (χ4n) is 3.53. The lowest BCUT2D eigenvalue weighted by atomic mass is 9.96. The quantitative estimate of drug-likeness (QED) is 0.694.